The number of amides is 1. The van der Waals surface area contributed by atoms with Gasteiger partial charge in [0.05, 0.1) is 5.92 Å². The number of anilines is 1. The van der Waals surface area contributed by atoms with Crippen molar-refractivity contribution < 1.29 is 9.21 Å². The molecule has 0 saturated carbocycles. The van der Waals surface area contributed by atoms with Crippen LogP contribution in [0.4, 0.5) is 6.01 Å². The van der Waals surface area contributed by atoms with E-state index in [9.17, 15) is 4.79 Å². The highest BCUT2D eigenvalue weighted by Gasteiger charge is 2.20. The molecule has 94 valence electrons. The van der Waals surface area contributed by atoms with Gasteiger partial charge < -0.3 is 10.2 Å². The van der Waals surface area contributed by atoms with Crippen LogP contribution in [0.3, 0.4) is 0 Å². The van der Waals surface area contributed by atoms with Crippen molar-refractivity contribution in [3.8, 4) is 0 Å². The molecule has 1 aromatic heterocycles. The molecule has 1 unspecified atom stereocenters. The maximum Gasteiger partial charge on any atom is 0.322 e. The van der Waals surface area contributed by atoms with Gasteiger partial charge in [0.15, 0.2) is 0 Å². The Hall–Kier alpha value is -2.21. The lowest BCUT2D eigenvalue weighted by molar-refractivity contribution is -0.117. The molecule has 1 heterocycles. The molecule has 3 N–H and O–H groups in total. The van der Waals surface area contributed by atoms with Crippen LogP contribution in [0.1, 0.15) is 17.4 Å². The molecule has 1 atom stereocenters. The monoisotopic (exact) mass is 246 g/mol. The van der Waals surface area contributed by atoms with Gasteiger partial charge in [-0.2, -0.15) is 0 Å². The van der Waals surface area contributed by atoms with Gasteiger partial charge in [-0.1, -0.05) is 35.4 Å². The molecule has 0 saturated heterocycles. The van der Waals surface area contributed by atoms with Gasteiger partial charge in [0.2, 0.25) is 11.8 Å². The minimum atomic E-state index is -0.432. The number of hydrogen-bond donors (Lipinski definition) is 2. The average Bonchev–Trinajstić information content (AvgIpc) is 2.77. The van der Waals surface area contributed by atoms with Gasteiger partial charge in [0, 0.05) is 13.5 Å². The van der Waals surface area contributed by atoms with Gasteiger partial charge in [-0.25, -0.2) is 0 Å². The summed E-state index contributed by atoms with van der Waals surface area (Å²) in [6, 6.07) is 9.42. The van der Waals surface area contributed by atoms with E-state index in [2.05, 4.69) is 15.5 Å². The summed E-state index contributed by atoms with van der Waals surface area (Å²) >= 11 is 0. The Labute approximate surface area is 104 Å². The Morgan fingerprint density at radius 1 is 1.39 bits per heavy atom. The molecule has 6 heteroatoms. The molecule has 6 nitrogen and oxygen atoms in total. The number of hydrogen-bond acceptors (Lipinski definition) is 5. The minimum absolute atomic E-state index is 0.0897. The number of benzene rings is 1. The smallest absolute Gasteiger partial charge is 0.322 e. The quantitative estimate of drug-likeness (QED) is 0.841. The molecule has 0 bridgehead atoms. The van der Waals surface area contributed by atoms with E-state index in [1.807, 2.05) is 30.3 Å². The van der Waals surface area contributed by atoms with Crippen LogP contribution in [-0.4, -0.2) is 22.6 Å². The zero-order valence-electron chi connectivity index (χ0n) is 9.96. The third kappa shape index (κ3) is 2.72. The molecule has 0 fully saturated rings. The van der Waals surface area contributed by atoms with Crippen LogP contribution in [0.5, 0.6) is 0 Å². The molecule has 0 aliphatic carbocycles. The maximum absolute atomic E-state index is 12.0. The number of nitrogens with one attached hydrogen (secondary N) is 1. The number of carbonyl (C=O) groups is 1. The first-order chi connectivity index (χ1) is 8.70. The van der Waals surface area contributed by atoms with Crippen LogP contribution in [0.25, 0.3) is 0 Å². The molecule has 2 rings (SSSR count). The molecule has 0 aliphatic heterocycles. The summed E-state index contributed by atoms with van der Waals surface area (Å²) in [5.74, 6) is -0.292. The average molecular weight is 246 g/mol. The first kappa shape index (κ1) is 12.3. The number of nitrogens with zero attached hydrogens (tertiary/aromatic N) is 2. The maximum atomic E-state index is 12.0. The van der Waals surface area contributed by atoms with Gasteiger partial charge >= 0.3 is 6.01 Å². The second kappa shape index (κ2) is 5.42. The lowest BCUT2D eigenvalue weighted by Gasteiger charge is -2.13. The molecular weight excluding hydrogens is 232 g/mol. The van der Waals surface area contributed by atoms with Crippen molar-refractivity contribution in [2.45, 2.75) is 12.8 Å². The van der Waals surface area contributed by atoms with Gasteiger partial charge in [-0.15, -0.1) is 5.10 Å². The van der Waals surface area contributed by atoms with Crippen LogP contribution < -0.4 is 11.1 Å². The van der Waals surface area contributed by atoms with Crippen molar-refractivity contribution in [2.75, 3.05) is 11.9 Å². The number of rotatable bonds is 4. The summed E-state index contributed by atoms with van der Waals surface area (Å²) in [7, 11) is 0. The Bertz CT molecular complexity index is 524. The molecule has 0 spiro atoms. The lowest BCUT2D eigenvalue weighted by Crippen LogP contribution is -2.27. The Kier molecular flexibility index (Phi) is 3.69. The Morgan fingerprint density at radius 3 is 2.67 bits per heavy atom. The molecule has 0 radical (unpaired) electrons. The predicted molar refractivity (Wildman–Crippen MR) is 65.9 cm³/mol. The Morgan fingerprint density at radius 2 is 2.11 bits per heavy atom. The highest BCUT2D eigenvalue weighted by Crippen LogP contribution is 2.16. The molecule has 18 heavy (non-hydrogen) atoms. The van der Waals surface area contributed by atoms with E-state index < -0.39 is 5.92 Å². The highest BCUT2D eigenvalue weighted by atomic mass is 16.4. The van der Waals surface area contributed by atoms with Crippen LogP contribution in [0.15, 0.2) is 34.7 Å². The summed E-state index contributed by atoms with van der Waals surface area (Å²) < 4.78 is 5.09. The number of aryl methyl sites for hydroxylation is 1. The van der Waals surface area contributed by atoms with Crippen molar-refractivity contribution in [3.63, 3.8) is 0 Å². The molecule has 1 aromatic carbocycles. The normalized spacial score (nSPS) is 12.1. The second-order valence-corrected chi connectivity index (χ2v) is 3.81. The van der Waals surface area contributed by atoms with E-state index in [0.29, 0.717) is 5.89 Å². The van der Waals surface area contributed by atoms with Crippen LogP contribution in [0, 0.1) is 6.92 Å². The van der Waals surface area contributed by atoms with Gasteiger partial charge in [-0.05, 0) is 5.56 Å². The largest absolute Gasteiger partial charge is 0.408 e. The fraction of sp³-hybridized carbons (Fsp3) is 0.250. The minimum Gasteiger partial charge on any atom is -0.408 e. The fourth-order valence-electron chi connectivity index (χ4n) is 1.62. The molecule has 2 aromatic rings. The predicted octanol–water partition coefficient (Wildman–Crippen LogP) is 1.06. The van der Waals surface area contributed by atoms with E-state index in [0.717, 1.165) is 5.56 Å². The zero-order valence-corrected chi connectivity index (χ0v) is 9.96. The van der Waals surface area contributed by atoms with Crippen LogP contribution >= 0.6 is 0 Å². The standard InChI is InChI=1S/C12H14N4O2/c1-8-15-16-12(18-8)14-11(17)10(7-13)9-5-3-2-4-6-9/h2-6,10H,7,13H2,1H3,(H,14,16,17). The zero-order chi connectivity index (χ0) is 13.0. The van der Waals surface area contributed by atoms with Crippen molar-refractivity contribution in [2.24, 2.45) is 5.73 Å². The highest BCUT2D eigenvalue weighted by molar-refractivity contribution is 5.94. The van der Waals surface area contributed by atoms with Crippen molar-refractivity contribution in [1.29, 1.82) is 0 Å². The lowest BCUT2D eigenvalue weighted by atomic mass is 9.98. The van der Waals surface area contributed by atoms with Crippen molar-refractivity contribution >= 4 is 11.9 Å². The number of nitrogens with two attached hydrogens (primary N) is 1. The first-order valence-corrected chi connectivity index (χ1v) is 5.56. The van der Waals surface area contributed by atoms with E-state index in [1.54, 1.807) is 6.92 Å². The molecule has 0 aliphatic rings. The Balaban J connectivity index is 2.11. The van der Waals surface area contributed by atoms with Crippen LogP contribution in [-0.2, 0) is 4.79 Å². The summed E-state index contributed by atoms with van der Waals surface area (Å²) in [5.41, 5.74) is 6.49. The third-order valence-corrected chi connectivity index (χ3v) is 2.51. The SMILES string of the molecule is Cc1nnc(NC(=O)C(CN)c2ccccc2)o1. The number of aromatic nitrogens is 2. The van der Waals surface area contributed by atoms with E-state index >= 15 is 0 Å². The van der Waals surface area contributed by atoms with Crippen LogP contribution in [0.2, 0.25) is 0 Å². The van der Waals surface area contributed by atoms with E-state index in [-0.39, 0.29) is 18.5 Å². The topological polar surface area (TPSA) is 94.0 Å². The first-order valence-electron chi connectivity index (χ1n) is 5.56. The second-order valence-electron chi connectivity index (χ2n) is 3.81. The molecule has 1 amide bonds. The number of carbonyl (C=O) groups excluding carboxylic acids is 1. The van der Waals surface area contributed by atoms with Gasteiger partial charge in [0.1, 0.15) is 0 Å². The molecular formula is C12H14N4O2. The summed E-state index contributed by atoms with van der Waals surface area (Å²) in [5, 5.41) is 9.89. The summed E-state index contributed by atoms with van der Waals surface area (Å²) in [6.07, 6.45) is 0. The van der Waals surface area contributed by atoms with Crippen molar-refractivity contribution in [1.82, 2.24) is 10.2 Å². The van der Waals surface area contributed by atoms with E-state index in [1.165, 1.54) is 0 Å². The van der Waals surface area contributed by atoms with Gasteiger partial charge in [0.25, 0.3) is 0 Å². The summed E-state index contributed by atoms with van der Waals surface area (Å²) in [4.78, 5) is 12.0. The van der Waals surface area contributed by atoms with E-state index in [4.69, 9.17) is 10.2 Å². The van der Waals surface area contributed by atoms with Crippen molar-refractivity contribution in [3.05, 3.63) is 41.8 Å². The summed E-state index contributed by atoms with van der Waals surface area (Å²) in [6.45, 7) is 1.86. The third-order valence-electron chi connectivity index (χ3n) is 2.51. The fourth-order valence-corrected chi connectivity index (χ4v) is 1.62. The van der Waals surface area contributed by atoms with Gasteiger partial charge in [-0.3, -0.25) is 10.1 Å².